The maximum Gasteiger partial charge on any atom is 0.307 e. The highest BCUT2D eigenvalue weighted by molar-refractivity contribution is 5.39. The topological polar surface area (TPSA) is 64.4 Å². The predicted octanol–water partition coefficient (Wildman–Crippen LogP) is 3.03. The lowest BCUT2D eigenvalue weighted by atomic mass is 10.1. The minimum absolute atomic E-state index is 0.0231. The number of nitro groups is 1. The van der Waals surface area contributed by atoms with Crippen molar-refractivity contribution in [1.82, 2.24) is 5.32 Å². The smallest absolute Gasteiger partial charge is 0.307 e. The molecule has 0 aliphatic carbocycles. The zero-order valence-corrected chi connectivity index (χ0v) is 11.7. The van der Waals surface area contributed by atoms with Gasteiger partial charge < -0.3 is 10.1 Å². The molecule has 0 amide bonds. The van der Waals surface area contributed by atoms with Gasteiger partial charge in [0.05, 0.1) is 17.6 Å². The molecular weight excluding hydrogens is 270 g/mol. The molecule has 7 heteroatoms. The van der Waals surface area contributed by atoms with Gasteiger partial charge in [0.2, 0.25) is 5.82 Å². The molecule has 20 heavy (non-hydrogen) atoms. The molecule has 0 aliphatic rings. The molecule has 0 saturated heterocycles. The van der Waals surface area contributed by atoms with E-state index in [2.05, 4.69) is 5.32 Å². The number of nitrogens with zero attached hydrogens (tertiary/aromatic N) is 1. The monoisotopic (exact) mass is 288 g/mol. The Bertz CT molecular complexity index is 487. The van der Waals surface area contributed by atoms with Crippen molar-refractivity contribution in [3.63, 3.8) is 0 Å². The molecule has 1 N–H and O–H groups in total. The number of nitro benzene ring substituents is 1. The molecule has 0 saturated carbocycles. The lowest BCUT2D eigenvalue weighted by Gasteiger charge is -2.20. The van der Waals surface area contributed by atoms with Crippen LogP contribution in [-0.2, 0) is 0 Å². The van der Waals surface area contributed by atoms with Gasteiger partial charge in [0.15, 0.2) is 11.6 Å². The zero-order chi connectivity index (χ0) is 15.3. The van der Waals surface area contributed by atoms with Gasteiger partial charge in [-0.1, -0.05) is 0 Å². The van der Waals surface area contributed by atoms with Crippen LogP contribution in [-0.4, -0.2) is 23.6 Å². The minimum Gasteiger partial charge on any atom is -0.490 e. The second-order valence-electron chi connectivity index (χ2n) is 5.37. The lowest BCUT2D eigenvalue weighted by molar-refractivity contribution is -0.387. The normalized spacial score (nSPS) is 11.4. The fraction of sp³-hybridized carbons (Fsp3) is 0.538. The summed E-state index contributed by atoms with van der Waals surface area (Å²) in [6, 6.07) is 1.22. The summed E-state index contributed by atoms with van der Waals surface area (Å²) in [7, 11) is 0. The van der Waals surface area contributed by atoms with Gasteiger partial charge in [-0.25, -0.2) is 4.39 Å². The Morgan fingerprint density at radius 1 is 1.30 bits per heavy atom. The van der Waals surface area contributed by atoms with Crippen LogP contribution >= 0.6 is 0 Å². The van der Waals surface area contributed by atoms with E-state index in [9.17, 15) is 18.9 Å². The molecule has 0 heterocycles. The number of benzene rings is 1. The molecule has 112 valence electrons. The van der Waals surface area contributed by atoms with Crippen LogP contribution in [0, 0.1) is 21.7 Å². The number of halogens is 2. The highest BCUT2D eigenvalue weighted by atomic mass is 19.1. The Balaban J connectivity index is 2.53. The quantitative estimate of drug-likeness (QED) is 0.496. The molecule has 5 nitrogen and oxygen atoms in total. The van der Waals surface area contributed by atoms with Gasteiger partial charge in [0.25, 0.3) is 0 Å². The van der Waals surface area contributed by atoms with Crippen molar-refractivity contribution in [1.29, 1.82) is 0 Å². The van der Waals surface area contributed by atoms with Crippen LogP contribution in [0.2, 0.25) is 0 Å². The van der Waals surface area contributed by atoms with Crippen molar-refractivity contribution in [3.05, 3.63) is 33.9 Å². The molecule has 1 rings (SSSR count). The third-order valence-corrected chi connectivity index (χ3v) is 2.43. The molecule has 0 aromatic heterocycles. The first-order valence-electron chi connectivity index (χ1n) is 6.22. The van der Waals surface area contributed by atoms with E-state index >= 15 is 0 Å². The van der Waals surface area contributed by atoms with Crippen LogP contribution in [0.4, 0.5) is 14.5 Å². The Labute approximate surface area is 116 Å². The van der Waals surface area contributed by atoms with Crippen molar-refractivity contribution < 1.29 is 18.4 Å². The van der Waals surface area contributed by atoms with E-state index in [1.807, 2.05) is 20.8 Å². The molecule has 0 atom stereocenters. The molecule has 0 aliphatic heterocycles. The van der Waals surface area contributed by atoms with Crippen molar-refractivity contribution in [2.24, 2.45) is 0 Å². The molecule has 0 unspecified atom stereocenters. The highest BCUT2D eigenvalue weighted by Crippen LogP contribution is 2.26. The summed E-state index contributed by atoms with van der Waals surface area (Å²) in [6.07, 6.45) is 0.606. The van der Waals surface area contributed by atoms with Gasteiger partial charge in [-0.05, 0) is 33.7 Å². The number of rotatable bonds is 6. The maximum atomic E-state index is 13.5. The van der Waals surface area contributed by atoms with Gasteiger partial charge in [-0.15, -0.1) is 0 Å². The number of ether oxygens (including phenoxy) is 1. The van der Waals surface area contributed by atoms with Crippen molar-refractivity contribution in [3.8, 4) is 5.75 Å². The first kappa shape index (κ1) is 16.3. The average molecular weight is 288 g/mol. The van der Waals surface area contributed by atoms with E-state index in [1.165, 1.54) is 0 Å². The summed E-state index contributed by atoms with van der Waals surface area (Å²) < 4.78 is 31.9. The fourth-order valence-corrected chi connectivity index (χ4v) is 1.49. The van der Waals surface area contributed by atoms with Crippen molar-refractivity contribution >= 4 is 5.69 Å². The van der Waals surface area contributed by atoms with Crippen LogP contribution in [0.3, 0.4) is 0 Å². The standard InChI is InChI=1S/C13H18F2N2O3/c1-13(2,3)16-5-4-6-20-12-8-9(14)11(17(18)19)7-10(12)15/h7-8,16H,4-6H2,1-3H3. The molecular formula is C13H18F2N2O3. The SMILES string of the molecule is CC(C)(C)NCCCOc1cc(F)c([N+](=O)[O-])cc1F. The summed E-state index contributed by atoms with van der Waals surface area (Å²) in [4.78, 5) is 9.45. The van der Waals surface area contributed by atoms with E-state index in [-0.39, 0.29) is 17.9 Å². The second kappa shape index (κ2) is 6.60. The number of hydrogen-bond donors (Lipinski definition) is 1. The van der Waals surface area contributed by atoms with Crippen LogP contribution in [0.1, 0.15) is 27.2 Å². The van der Waals surface area contributed by atoms with Crippen LogP contribution in [0.25, 0.3) is 0 Å². The van der Waals surface area contributed by atoms with Gasteiger partial charge in [-0.2, -0.15) is 4.39 Å². The van der Waals surface area contributed by atoms with Crippen LogP contribution in [0.15, 0.2) is 12.1 Å². The summed E-state index contributed by atoms with van der Waals surface area (Å²) >= 11 is 0. The third-order valence-electron chi connectivity index (χ3n) is 2.43. The summed E-state index contributed by atoms with van der Waals surface area (Å²) in [6.45, 7) is 6.90. The Kier molecular flexibility index (Phi) is 5.38. The van der Waals surface area contributed by atoms with Gasteiger partial charge >= 0.3 is 5.69 Å². The largest absolute Gasteiger partial charge is 0.490 e. The Morgan fingerprint density at radius 3 is 2.50 bits per heavy atom. The van der Waals surface area contributed by atoms with E-state index in [1.54, 1.807) is 0 Å². The summed E-state index contributed by atoms with van der Waals surface area (Å²) in [5, 5.41) is 13.6. The number of hydrogen-bond acceptors (Lipinski definition) is 4. The van der Waals surface area contributed by atoms with Gasteiger partial charge in [-0.3, -0.25) is 10.1 Å². The molecule has 0 spiro atoms. The zero-order valence-electron chi connectivity index (χ0n) is 11.7. The van der Waals surface area contributed by atoms with Crippen molar-refractivity contribution in [2.45, 2.75) is 32.7 Å². The predicted molar refractivity (Wildman–Crippen MR) is 70.9 cm³/mol. The van der Waals surface area contributed by atoms with Gasteiger partial charge in [0.1, 0.15) is 0 Å². The average Bonchev–Trinajstić information content (AvgIpc) is 2.30. The minimum atomic E-state index is -1.11. The highest BCUT2D eigenvalue weighted by Gasteiger charge is 2.19. The van der Waals surface area contributed by atoms with E-state index < -0.39 is 22.2 Å². The number of nitrogens with one attached hydrogen (secondary N) is 1. The summed E-state index contributed by atoms with van der Waals surface area (Å²) in [5.41, 5.74) is -0.922. The first-order valence-corrected chi connectivity index (χ1v) is 6.22. The van der Waals surface area contributed by atoms with Gasteiger partial charge in [0, 0.05) is 11.6 Å². The van der Waals surface area contributed by atoms with E-state index in [4.69, 9.17) is 4.74 Å². The van der Waals surface area contributed by atoms with Crippen LogP contribution < -0.4 is 10.1 Å². The molecule has 1 aromatic rings. The molecule has 0 radical (unpaired) electrons. The Morgan fingerprint density at radius 2 is 1.95 bits per heavy atom. The molecule has 0 bridgehead atoms. The third kappa shape index (κ3) is 5.08. The van der Waals surface area contributed by atoms with E-state index in [0.29, 0.717) is 25.1 Å². The lowest BCUT2D eigenvalue weighted by Crippen LogP contribution is -2.36. The van der Waals surface area contributed by atoms with Crippen molar-refractivity contribution in [2.75, 3.05) is 13.2 Å². The first-order chi connectivity index (χ1) is 9.20. The fourth-order valence-electron chi connectivity index (χ4n) is 1.49. The van der Waals surface area contributed by atoms with Crippen LogP contribution in [0.5, 0.6) is 5.75 Å². The van der Waals surface area contributed by atoms with E-state index in [0.717, 1.165) is 0 Å². The maximum absolute atomic E-state index is 13.5. The summed E-state index contributed by atoms with van der Waals surface area (Å²) in [5.74, 6) is -2.37. The molecule has 0 fully saturated rings. The second-order valence-corrected chi connectivity index (χ2v) is 5.37. The molecule has 1 aromatic carbocycles. The Hall–Kier alpha value is -1.76.